The normalized spacial score (nSPS) is 10.6. The first kappa shape index (κ1) is 12.0. The van der Waals surface area contributed by atoms with E-state index >= 15 is 0 Å². The highest BCUT2D eigenvalue weighted by Gasteiger charge is 2.10. The third-order valence-corrected chi connectivity index (χ3v) is 2.97. The van der Waals surface area contributed by atoms with Crippen LogP contribution < -0.4 is 9.51 Å². The number of hydrogen-bond donors (Lipinski definition) is 0. The molecule has 3 rings (SSSR count). The average Bonchev–Trinajstić information content (AvgIpc) is 2.47. The van der Waals surface area contributed by atoms with E-state index in [1.54, 1.807) is 41.1 Å². The molecule has 3 aromatic rings. The highest BCUT2D eigenvalue weighted by Crippen LogP contribution is 2.21. The van der Waals surface area contributed by atoms with E-state index in [0.717, 1.165) is 0 Å². The first-order valence-electron chi connectivity index (χ1n) is 5.88. The van der Waals surface area contributed by atoms with Gasteiger partial charge in [-0.1, -0.05) is 0 Å². The zero-order valence-electron chi connectivity index (χ0n) is 10.3. The van der Waals surface area contributed by atoms with Crippen LogP contribution in [0.4, 0.5) is 5.69 Å². The zero-order chi connectivity index (χ0) is 14.1. The summed E-state index contributed by atoms with van der Waals surface area (Å²) in [5.74, 6) is -0.332. The van der Waals surface area contributed by atoms with Crippen molar-refractivity contribution in [2.24, 2.45) is 0 Å². The predicted octanol–water partition coefficient (Wildman–Crippen LogP) is 1.47. The summed E-state index contributed by atoms with van der Waals surface area (Å²) >= 11 is 0. The van der Waals surface area contributed by atoms with Crippen LogP contribution in [0.1, 0.15) is 0 Å². The molecule has 0 aliphatic rings. The molecule has 0 aliphatic carbocycles. The van der Waals surface area contributed by atoms with Crippen LogP contribution in [0.15, 0.2) is 54.9 Å². The largest absolute Gasteiger partial charge is 0.854 e. The van der Waals surface area contributed by atoms with Crippen LogP contribution >= 0.6 is 0 Å². The van der Waals surface area contributed by atoms with Crippen molar-refractivity contribution in [1.82, 2.24) is 4.98 Å². The Morgan fingerprint density at radius 3 is 2.55 bits per heavy atom. The van der Waals surface area contributed by atoms with E-state index in [-0.39, 0.29) is 11.6 Å². The molecule has 0 spiro atoms. The minimum absolute atomic E-state index is 0.00420. The van der Waals surface area contributed by atoms with Gasteiger partial charge in [0.25, 0.3) is 5.69 Å². The fraction of sp³-hybridized carbons (Fsp3) is 0. The quantitative estimate of drug-likeness (QED) is 0.400. The second-order valence-corrected chi connectivity index (χ2v) is 4.23. The fourth-order valence-electron chi connectivity index (χ4n) is 1.97. The summed E-state index contributed by atoms with van der Waals surface area (Å²) in [5, 5.41) is 22.5. The van der Waals surface area contributed by atoms with Gasteiger partial charge in [-0.05, 0) is 18.2 Å². The van der Waals surface area contributed by atoms with Crippen molar-refractivity contribution in [3.05, 3.63) is 65.0 Å². The van der Waals surface area contributed by atoms with Crippen molar-refractivity contribution in [2.75, 3.05) is 0 Å². The van der Waals surface area contributed by atoms with Gasteiger partial charge < -0.3 is 5.11 Å². The number of benzene rings is 1. The van der Waals surface area contributed by atoms with Gasteiger partial charge in [-0.2, -0.15) is 4.40 Å². The van der Waals surface area contributed by atoms with E-state index < -0.39 is 4.92 Å². The van der Waals surface area contributed by atoms with Crippen LogP contribution in [-0.2, 0) is 0 Å². The molecule has 2 heterocycles. The standard InChI is InChI=1S/C14H9N3O3/c18-14-13-3-1-2-8-16(13)9-12(15-14)10-4-6-11(7-5-10)17(19)20/h1-9H. The Labute approximate surface area is 113 Å². The van der Waals surface area contributed by atoms with E-state index in [2.05, 4.69) is 4.98 Å². The Morgan fingerprint density at radius 1 is 1.10 bits per heavy atom. The van der Waals surface area contributed by atoms with Gasteiger partial charge in [0.15, 0.2) is 6.20 Å². The van der Waals surface area contributed by atoms with Crippen molar-refractivity contribution in [2.45, 2.75) is 0 Å². The van der Waals surface area contributed by atoms with Gasteiger partial charge in [-0.25, -0.2) is 0 Å². The lowest BCUT2D eigenvalue weighted by atomic mass is 10.1. The maximum Gasteiger partial charge on any atom is 0.269 e. The van der Waals surface area contributed by atoms with E-state index in [4.69, 9.17) is 0 Å². The lowest BCUT2D eigenvalue weighted by Crippen LogP contribution is -2.23. The Bertz CT molecular complexity index is 800. The molecule has 0 unspecified atom stereocenters. The van der Waals surface area contributed by atoms with Crippen molar-refractivity contribution in [1.29, 1.82) is 0 Å². The van der Waals surface area contributed by atoms with Gasteiger partial charge in [-0.15, -0.1) is 0 Å². The molecule has 6 nitrogen and oxygen atoms in total. The molecule has 0 saturated heterocycles. The minimum Gasteiger partial charge on any atom is -0.854 e. The van der Waals surface area contributed by atoms with Crippen molar-refractivity contribution in [3.63, 3.8) is 0 Å². The summed E-state index contributed by atoms with van der Waals surface area (Å²) in [4.78, 5) is 14.1. The highest BCUT2D eigenvalue weighted by molar-refractivity contribution is 5.62. The SMILES string of the molecule is O=[N+]([O-])c1ccc(-c2c[n+]3ccccc3c([O-])n2)cc1. The molecule has 1 aromatic carbocycles. The van der Waals surface area contributed by atoms with Crippen molar-refractivity contribution in [3.8, 4) is 17.1 Å². The molecule has 2 aromatic heterocycles. The Morgan fingerprint density at radius 2 is 1.85 bits per heavy atom. The first-order chi connectivity index (χ1) is 9.65. The number of non-ortho nitro benzene ring substituents is 1. The van der Waals surface area contributed by atoms with Crippen LogP contribution in [0, 0.1) is 10.1 Å². The van der Waals surface area contributed by atoms with Crippen LogP contribution in [-0.4, -0.2) is 9.91 Å². The Hall–Kier alpha value is -3.02. The zero-order valence-corrected chi connectivity index (χ0v) is 10.3. The van der Waals surface area contributed by atoms with Gasteiger partial charge in [0.2, 0.25) is 11.7 Å². The van der Waals surface area contributed by atoms with Crippen LogP contribution in [0.5, 0.6) is 5.88 Å². The number of rotatable bonds is 2. The summed E-state index contributed by atoms with van der Waals surface area (Å²) in [7, 11) is 0. The molecule has 0 aliphatic heterocycles. The molecule has 98 valence electrons. The Balaban J connectivity index is 2.12. The number of nitro benzene ring substituents is 1. The molecular formula is C14H9N3O3. The molecule has 0 amide bonds. The number of pyridine rings is 1. The van der Waals surface area contributed by atoms with Gasteiger partial charge in [-0.3, -0.25) is 15.1 Å². The molecule has 0 N–H and O–H groups in total. The maximum atomic E-state index is 11.9. The monoisotopic (exact) mass is 267 g/mol. The second-order valence-electron chi connectivity index (χ2n) is 4.23. The lowest BCUT2D eigenvalue weighted by molar-refractivity contribution is -0.516. The Kier molecular flexibility index (Phi) is 2.76. The van der Waals surface area contributed by atoms with Gasteiger partial charge in [0, 0.05) is 29.8 Å². The second kappa shape index (κ2) is 4.58. The third kappa shape index (κ3) is 2.03. The molecule has 6 heteroatoms. The van der Waals surface area contributed by atoms with Gasteiger partial charge in [0.05, 0.1) is 10.8 Å². The number of aromatic nitrogens is 2. The first-order valence-corrected chi connectivity index (χ1v) is 5.88. The summed E-state index contributed by atoms with van der Waals surface area (Å²) in [5.41, 5.74) is 1.63. The predicted molar refractivity (Wildman–Crippen MR) is 68.9 cm³/mol. The molecule has 0 saturated carbocycles. The average molecular weight is 267 g/mol. The topological polar surface area (TPSA) is 83.2 Å². The van der Waals surface area contributed by atoms with Crippen molar-refractivity contribution < 1.29 is 14.4 Å². The fourth-order valence-corrected chi connectivity index (χ4v) is 1.97. The van der Waals surface area contributed by atoms with E-state index in [9.17, 15) is 15.2 Å². The van der Waals surface area contributed by atoms with E-state index in [0.29, 0.717) is 16.8 Å². The molecule has 0 fully saturated rings. The molecule has 0 radical (unpaired) electrons. The summed E-state index contributed by atoms with van der Waals surface area (Å²) in [6.07, 6.45) is 3.48. The summed E-state index contributed by atoms with van der Waals surface area (Å²) in [6, 6.07) is 11.2. The third-order valence-electron chi connectivity index (χ3n) is 2.97. The van der Waals surface area contributed by atoms with E-state index in [1.807, 2.05) is 6.07 Å². The van der Waals surface area contributed by atoms with Crippen molar-refractivity contribution >= 4 is 11.2 Å². The molecule has 0 atom stereocenters. The lowest BCUT2D eigenvalue weighted by Gasteiger charge is -2.06. The van der Waals surface area contributed by atoms with Crippen LogP contribution in [0.25, 0.3) is 16.8 Å². The van der Waals surface area contributed by atoms with Crippen LogP contribution in [0.2, 0.25) is 0 Å². The smallest absolute Gasteiger partial charge is 0.269 e. The maximum absolute atomic E-state index is 11.9. The molecule has 0 bridgehead atoms. The van der Waals surface area contributed by atoms with E-state index in [1.165, 1.54) is 12.1 Å². The molecular weight excluding hydrogens is 258 g/mol. The number of fused-ring (bicyclic) bond motifs is 1. The van der Waals surface area contributed by atoms with Gasteiger partial charge >= 0.3 is 0 Å². The minimum atomic E-state index is -0.467. The van der Waals surface area contributed by atoms with Gasteiger partial charge in [0.1, 0.15) is 5.69 Å². The van der Waals surface area contributed by atoms with Crippen LogP contribution in [0.3, 0.4) is 0 Å². The molecule has 20 heavy (non-hydrogen) atoms. The highest BCUT2D eigenvalue weighted by atomic mass is 16.6. The number of nitro groups is 1. The summed E-state index contributed by atoms with van der Waals surface area (Å²) < 4.78 is 1.69. The summed E-state index contributed by atoms with van der Waals surface area (Å²) in [6.45, 7) is 0. The number of hydrogen-bond acceptors (Lipinski definition) is 4. The number of nitrogens with zero attached hydrogens (tertiary/aromatic N) is 3.